The first-order valence-corrected chi connectivity index (χ1v) is 8.51. The number of ether oxygens (including phenoxy) is 2. The average Bonchev–Trinajstić information content (AvgIpc) is 2.64. The van der Waals surface area contributed by atoms with Gasteiger partial charge in [-0.05, 0) is 18.9 Å². The van der Waals surface area contributed by atoms with E-state index in [0.717, 1.165) is 48.9 Å². The SMILES string of the molecule is COc1cc(NC2CCN(c3cccc(=O)n3C)CC2)cc(OC)c1. The lowest BCUT2D eigenvalue weighted by atomic mass is 10.0. The number of rotatable bonds is 5. The summed E-state index contributed by atoms with van der Waals surface area (Å²) in [5.41, 5.74) is 1.03. The van der Waals surface area contributed by atoms with Crippen molar-refractivity contribution in [2.24, 2.45) is 7.05 Å². The molecule has 25 heavy (non-hydrogen) atoms. The van der Waals surface area contributed by atoms with Crippen molar-refractivity contribution in [2.45, 2.75) is 18.9 Å². The zero-order chi connectivity index (χ0) is 17.8. The Bertz CT molecular complexity index is 757. The van der Waals surface area contributed by atoms with Crippen LogP contribution in [0.4, 0.5) is 11.5 Å². The molecule has 2 aromatic rings. The number of nitrogens with one attached hydrogen (secondary N) is 1. The lowest BCUT2D eigenvalue weighted by molar-refractivity contribution is 0.394. The zero-order valence-corrected chi connectivity index (χ0v) is 15.0. The van der Waals surface area contributed by atoms with Crippen molar-refractivity contribution in [1.82, 2.24) is 4.57 Å². The summed E-state index contributed by atoms with van der Waals surface area (Å²) in [7, 11) is 5.13. The van der Waals surface area contributed by atoms with Crippen LogP contribution in [0.5, 0.6) is 11.5 Å². The largest absolute Gasteiger partial charge is 0.497 e. The summed E-state index contributed by atoms with van der Waals surface area (Å²) in [6.07, 6.45) is 2.01. The highest BCUT2D eigenvalue weighted by molar-refractivity contribution is 5.54. The van der Waals surface area contributed by atoms with E-state index in [9.17, 15) is 4.79 Å². The van der Waals surface area contributed by atoms with E-state index in [1.807, 2.05) is 37.4 Å². The van der Waals surface area contributed by atoms with Crippen molar-refractivity contribution in [1.29, 1.82) is 0 Å². The van der Waals surface area contributed by atoms with Crippen LogP contribution < -0.4 is 25.2 Å². The molecule has 3 rings (SSSR count). The third kappa shape index (κ3) is 3.90. The topological polar surface area (TPSA) is 55.7 Å². The van der Waals surface area contributed by atoms with Gasteiger partial charge in [0.2, 0.25) is 0 Å². The second kappa shape index (κ2) is 7.51. The minimum atomic E-state index is 0.0289. The van der Waals surface area contributed by atoms with E-state index in [1.165, 1.54) is 0 Å². The van der Waals surface area contributed by atoms with E-state index in [-0.39, 0.29) is 5.56 Å². The van der Waals surface area contributed by atoms with E-state index in [4.69, 9.17) is 9.47 Å². The molecule has 1 N–H and O–H groups in total. The van der Waals surface area contributed by atoms with E-state index in [0.29, 0.717) is 6.04 Å². The molecular weight excluding hydrogens is 318 g/mol. The molecule has 0 amide bonds. The number of anilines is 2. The minimum Gasteiger partial charge on any atom is -0.497 e. The fourth-order valence-corrected chi connectivity index (χ4v) is 3.25. The lowest BCUT2D eigenvalue weighted by Gasteiger charge is -2.35. The van der Waals surface area contributed by atoms with Crippen LogP contribution >= 0.6 is 0 Å². The van der Waals surface area contributed by atoms with Gasteiger partial charge in [-0.2, -0.15) is 0 Å². The van der Waals surface area contributed by atoms with Crippen LogP contribution in [0.25, 0.3) is 0 Å². The Labute approximate surface area is 148 Å². The zero-order valence-electron chi connectivity index (χ0n) is 15.0. The summed E-state index contributed by atoms with van der Waals surface area (Å²) < 4.78 is 12.4. The Hall–Kier alpha value is -2.63. The molecule has 134 valence electrons. The number of nitrogens with zero attached hydrogens (tertiary/aromatic N) is 2. The first-order valence-electron chi connectivity index (χ1n) is 8.51. The molecule has 0 aliphatic carbocycles. The molecule has 0 bridgehead atoms. The Morgan fingerprint density at radius 2 is 1.68 bits per heavy atom. The van der Waals surface area contributed by atoms with E-state index < -0.39 is 0 Å². The Balaban J connectivity index is 1.65. The van der Waals surface area contributed by atoms with E-state index in [1.54, 1.807) is 24.9 Å². The van der Waals surface area contributed by atoms with Crippen molar-refractivity contribution in [2.75, 3.05) is 37.5 Å². The average molecular weight is 343 g/mol. The van der Waals surface area contributed by atoms with Crippen molar-refractivity contribution < 1.29 is 9.47 Å². The van der Waals surface area contributed by atoms with Gasteiger partial charge in [-0.3, -0.25) is 9.36 Å². The monoisotopic (exact) mass is 343 g/mol. The minimum absolute atomic E-state index is 0.0289. The van der Waals surface area contributed by atoms with E-state index in [2.05, 4.69) is 10.2 Å². The molecule has 0 saturated carbocycles. The van der Waals surface area contributed by atoms with Gasteiger partial charge in [0.05, 0.1) is 14.2 Å². The highest BCUT2D eigenvalue weighted by Gasteiger charge is 2.21. The summed E-state index contributed by atoms with van der Waals surface area (Å²) in [6.45, 7) is 1.83. The van der Waals surface area contributed by atoms with Gasteiger partial charge >= 0.3 is 0 Å². The van der Waals surface area contributed by atoms with Crippen molar-refractivity contribution in [3.63, 3.8) is 0 Å². The van der Waals surface area contributed by atoms with Gasteiger partial charge in [0, 0.05) is 56.1 Å². The molecule has 6 nitrogen and oxygen atoms in total. The van der Waals surface area contributed by atoms with Crippen molar-refractivity contribution in [3.05, 3.63) is 46.8 Å². The fraction of sp³-hybridized carbons (Fsp3) is 0.421. The second-order valence-corrected chi connectivity index (χ2v) is 6.29. The molecule has 0 radical (unpaired) electrons. The molecule has 1 aromatic carbocycles. The first-order chi connectivity index (χ1) is 12.1. The van der Waals surface area contributed by atoms with Gasteiger partial charge in [0.15, 0.2) is 0 Å². The molecule has 1 fully saturated rings. The van der Waals surface area contributed by atoms with Crippen LogP contribution in [-0.4, -0.2) is 37.9 Å². The Kier molecular flexibility index (Phi) is 5.16. The Morgan fingerprint density at radius 1 is 1.04 bits per heavy atom. The van der Waals surface area contributed by atoms with Crippen LogP contribution in [0.15, 0.2) is 41.2 Å². The number of benzene rings is 1. The van der Waals surface area contributed by atoms with Gasteiger partial charge in [-0.1, -0.05) is 6.07 Å². The lowest BCUT2D eigenvalue weighted by Crippen LogP contribution is -2.41. The van der Waals surface area contributed by atoms with Gasteiger partial charge in [0.25, 0.3) is 5.56 Å². The van der Waals surface area contributed by atoms with Gasteiger partial charge < -0.3 is 19.7 Å². The van der Waals surface area contributed by atoms with Gasteiger partial charge in [0.1, 0.15) is 17.3 Å². The summed E-state index contributed by atoms with van der Waals surface area (Å²) in [5, 5.41) is 3.57. The van der Waals surface area contributed by atoms with Crippen LogP contribution in [0.3, 0.4) is 0 Å². The highest BCUT2D eigenvalue weighted by atomic mass is 16.5. The number of methoxy groups -OCH3 is 2. The summed E-state index contributed by atoms with van der Waals surface area (Å²) >= 11 is 0. The molecule has 1 aromatic heterocycles. The van der Waals surface area contributed by atoms with Crippen molar-refractivity contribution in [3.8, 4) is 11.5 Å². The second-order valence-electron chi connectivity index (χ2n) is 6.29. The maximum atomic E-state index is 11.8. The molecule has 1 saturated heterocycles. The molecule has 0 unspecified atom stereocenters. The molecule has 1 aliphatic heterocycles. The number of piperidine rings is 1. The van der Waals surface area contributed by atoms with Crippen LogP contribution in [0.2, 0.25) is 0 Å². The Morgan fingerprint density at radius 3 is 2.28 bits per heavy atom. The van der Waals surface area contributed by atoms with Crippen molar-refractivity contribution >= 4 is 11.5 Å². The molecule has 1 aliphatic rings. The fourth-order valence-electron chi connectivity index (χ4n) is 3.25. The number of hydrogen-bond donors (Lipinski definition) is 1. The quantitative estimate of drug-likeness (QED) is 0.904. The smallest absolute Gasteiger partial charge is 0.251 e. The van der Waals surface area contributed by atoms with Crippen LogP contribution in [0.1, 0.15) is 12.8 Å². The molecule has 0 atom stereocenters. The number of aromatic nitrogens is 1. The third-order valence-electron chi connectivity index (χ3n) is 4.70. The summed E-state index contributed by atoms with van der Waals surface area (Å²) in [6, 6.07) is 11.6. The molecular formula is C19H25N3O3. The standard InChI is InChI=1S/C19H25N3O3/c1-21-18(5-4-6-19(21)23)22-9-7-14(8-10-22)20-15-11-16(24-2)13-17(12-15)25-3/h4-6,11-14,20H,7-10H2,1-3H3. The maximum Gasteiger partial charge on any atom is 0.251 e. The number of hydrogen-bond acceptors (Lipinski definition) is 5. The predicted molar refractivity (Wildman–Crippen MR) is 100 cm³/mol. The third-order valence-corrected chi connectivity index (χ3v) is 4.70. The summed E-state index contributed by atoms with van der Waals surface area (Å²) in [4.78, 5) is 14.1. The van der Waals surface area contributed by atoms with Gasteiger partial charge in [-0.25, -0.2) is 0 Å². The number of pyridine rings is 1. The van der Waals surface area contributed by atoms with E-state index >= 15 is 0 Å². The summed E-state index contributed by atoms with van der Waals surface area (Å²) in [5.74, 6) is 2.53. The normalized spacial score (nSPS) is 15.1. The van der Waals surface area contributed by atoms with Crippen LogP contribution in [0, 0.1) is 0 Å². The first kappa shape index (κ1) is 17.2. The molecule has 0 spiro atoms. The predicted octanol–water partition coefficient (Wildman–Crippen LogP) is 2.48. The molecule has 2 heterocycles. The van der Waals surface area contributed by atoms with Crippen LogP contribution in [-0.2, 0) is 7.05 Å². The molecule has 6 heteroatoms. The maximum absolute atomic E-state index is 11.8. The highest BCUT2D eigenvalue weighted by Crippen LogP contribution is 2.28. The van der Waals surface area contributed by atoms with Gasteiger partial charge in [-0.15, -0.1) is 0 Å².